The van der Waals surface area contributed by atoms with Crippen molar-refractivity contribution in [2.24, 2.45) is 11.5 Å². The number of carbonyl (C=O) groups is 5. The number of rotatable bonds is 12. The topological polar surface area (TPSA) is 229 Å². The van der Waals surface area contributed by atoms with Crippen molar-refractivity contribution in [2.45, 2.75) is 37.5 Å². The Morgan fingerprint density at radius 2 is 1.61 bits per heavy atom. The Hall–Kier alpha value is -5.19. The maximum absolute atomic E-state index is 13.9. The molecule has 0 aliphatic carbocycles. The fourth-order valence-electron chi connectivity index (χ4n) is 4.45. The molecule has 0 saturated carbocycles. The van der Waals surface area contributed by atoms with Gasteiger partial charge in [-0.1, -0.05) is 24.3 Å². The summed E-state index contributed by atoms with van der Waals surface area (Å²) >= 11 is 0. The van der Waals surface area contributed by atoms with Gasteiger partial charge in [0.05, 0.1) is 7.11 Å². The summed E-state index contributed by atoms with van der Waals surface area (Å²) < 4.78 is 36.9. The predicted molar refractivity (Wildman–Crippen MR) is 157 cm³/mol. The predicted octanol–water partition coefficient (Wildman–Crippen LogP) is 0.817. The van der Waals surface area contributed by atoms with Crippen LogP contribution in [-0.4, -0.2) is 107 Å². The molecule has 1 aliphatic heterocycles. The number of piperazine rings is 1. The quantitative estimate of drug-likeness (QED) is 0.140. The van der Waals surface area contributed by atoms with Crippen LogP contribution in [0.5, 0.6) is 5.75 Å². The summed E-state index contributed by atoms with van der Waals surface area (Å²) in [5.74, 6) is -4.81. The first-order chi connectivity index (χ1) is 21.6. The number of nitrogen functional groups attached to an aromatic ring is 1. The van der Waals surface area contributed by atoms with Crippen LogP contribution in [0.3, 0.4) is 0 Å². The van der Waals surface area contributed by atoms with E-state index in [1.165, 1.54) is 21.9 Å². The summed E-state index contributed by atoms with van der Waals surface area (Å²) in [6.45, 7) is 0.0242. The number of carboxylic acids is 2. The van der Waals surface area contributed by atoms with Crippen molar-refractivity contribution in [3.8, 4) is 5.75 Å². The Balaban J connectivity index is 0.000000942. The number of hydrogen-bond acceptors (Lipinski definition) is 8. The van der Waals surface area contributed by atoms with E-state index in [2.05, 4.69) is 5.32 Å². The van der Waals surface area contributed by atoms with Gasteiger partial charge in [-0.15, -0.1) is 0 Å². The van der Waals surface area contributed by atoms with Gasteiger partial charge in [-0.3, -0.25) is 24.6 Å². The molecule has 250 valence electrons. The van der Waals surface area contributed by atoms with E-state index in [0.717, 1.165) is 5.56 Å². The zero-order chi connectivity index (χ0) is 34.6. The largest absolute Gasteiger partial charge is 0.497 e. The lowest BCUT2D eigenvalue weighted by Gasteiger charge is -2.41. The average Bonchev–Trinajstić information content (AvgIpc) is 3.00. The number of nitrogens with one attached hydrogen (secondary N) is 2. The molecule has 0 unspecified atom stereocenters. The first-order valence-corrected chi connectivity index (χ1v) is 13.8. The van der Waals surface area contributed by atoms with E-state index in [4.69, 9.17) is 31.5 Å². The fourth-order valence-corrected chi connectivity index (χ4v) is 4.45. The second kappa shape index (κ2) is 16.8. The number of benzene rings is 2. The third-order valence-corrected chi connectivity index (χ3v) is 6.78. The van der Waals surface area contributed by atoms with Crippen LogP contribution in [0.1, 0.15) is 34.3 Å². The lowest BCUT2D eigenvalue weighted by atomic mass is 9.99. The minimum absolute atomic E-state index is 0.0612. The van der Waals surface area contributed by atoms with Gasteiger partial charge in [0.1, 0.15) is 30.2 Å². The number of hydrogen-bond donors (Lipinski definition) is 6. The maximum atomic E-state index is 13.9. The number of aliphatic carboxylic acids is 2. The number of amides is 3. The third-order valence-electron chi connectivity index (χ3n) is 6.78. The second-order valence-electron chi connectivity index (χ2n) is 10.0. The Labute approximate surface area is 261 Å². The first-order valence-electron chi connectivity index (χ1n) is 13.8. The van der Waals surface area contributed by atoms with Crippen LogP contribution in [0.15, 0.2) is 48.5 Å². The molecule has 2 aromatic carbocycles. The number of ether oxygens (including phenoxy) is 1. The molecule has 8 N–H and O–H groups in total. The number of carbonyl (C=O) groups excluding carboxylic acids is 3. The summed E-state index contributed by atoms with van der Waals surface area (Å²) in [4.78, 5) is 63.0. The second-order valence-corrected chi connectivity index (χ2v) is 10.0. The smallest absolute Gasteiger partial charge is 0.490 e. The minimum Gasteiger partial charge on any atom is -0.497 e. The number of methoxy groups -OCH3 is 1. The van der Waals surface area contributed by atoms with Crippen molar-refractivity contribution in [1.82, 2.24) is 15.1 Å². The monoisotopic (exact) mass is 652 g/mol. The van der Waals surface area contributed by atoms with E-state index in [1.54, 1.807) is 43.5 Å². The summed E-state index contributed by atoms with van der Waals surface area (Å²) in [7, 11) is 1.54. The standard InChI is InChI=1S/C27H34N6O6.C2HF3O2/c1-39-20-10-4-17(5-11-20)15-21(31-25(36)19-8-6-18(7-9-19)24(29)30)26(37)33-14-13-32(16-23(34)35)27(38)22(33)3-2-12-28;3-2(4,5)1(6)7/h4-11,21-22H,2-3,12-16,28H2,1H3,(H3,29,30)(H,31,36)(H,34,35);(H,6,7)/t21-,22-;/m0./s1. The summed E-state index contributed by atoms with van der Waals surface area (Å²) in [6.07, 6.45) is -4.21. The van der Waals surface area contributed by atoms with Crippen molar-refractivity contribution < 1.29 is 52.1 Å². The molecular formula is C29H35F3N6O8. The minimum atomic E-state index is -5.08. The van der Waals surface area contributed by atoms with E-state index in [-0.39, 0.29) is 37.3 Å². The van der Waals surface area contributed by atoms with Crippen LogP contribution in [0.4, 0.5) is 13.2 Å². The molecule has 2 atom stereocenters. The molecule has 1 aliphatic rings. The summed E-state index contributed by atoms with van der Waals surface area (Å²) in [5.41, 5.74) is 12.6. The maximum Gasteiger partial charge on any atom is 0.490 e. The highest BCUT2D eigenvalue weighted by atomic mass is 19.4. The third kappa shape index (κ3) is 10.8. The van der Waals surface area contributed by atoms with Gasteiger partial charge < -0.3 is 41.5 Å². The van der Waals surface area contributed by atoms with Gasteiger partial charge in [0.2, 0.25) is 11.8 Å². The average molecular weight is 653 g/mol. The van der Waals surface area contributed by atoms with Crippen LogP contribution in [0, 0.1) is 5.41 Å². The van der Waals surface area contributed by atoms with Gasteiger partial charge in [-0.25, -0.2) is 4.79 Å². The van der Waals surface area contributed by atoms with Crippen LogP contribution in [0.2, 0.25) is 0 Å². The Morgan fingerprint density at radius 1 is 1.04 bits per heavy atom. The molecular weight excluding hydrogens is 617 g/mol. The molecule has 3 amide bonds. The van der Waals surface area contributed by atoms with Crippen LogP contribution in [0.25, 0.3) is 0 Å². The summed E-state index contributed by atoms with van der Waals surface area (Å²) in [5, 5.41) is 26.7. The van der Waals surface area contributed by atoms with Crippen molar-refractivity contribution in [3.05, 3.63) is 65.2 Å². The number of carboxylic acid groups (broad SMARTS) is 2. The van der Waals surface area contributed by atoms with E-state index in [0.29, 0.717) is 24.3 Å². The molecule has 17 heteroatoms. The highest BCUT2D eigenvalue weighted by Gasteiger charge is 2.40. The lowest BCUT2D eigenvalue weighted by molar-refractivity contribution is -0.192. The highest BCUT2D eigenvalue weighted by Crippen LogP contribution is 2.20. The molecule has 14 nitrogen and oxygen atoms in total. The van der Waals surface area contributed by atoms with Crippen LogP contribution < -0.4 is 21.5 Å². The Bertz CT molecular complexity index is 1400. The van der Waals surface area contributed by atoms with Crippen molar-refractivity contribution in [3.63, 3.8) is 0 Å². The van der Waals surface area contributed by atoms with E-state index in [1.807, 2.05) is 0 Å². The number of halogens is 3. The normalized spacial score (nSPS) is 15.2. The molecule has 0 radical (unpaired) electrons. The molecule has 0 spiro atoms. The molecule has 1 heterocycles. The SMILES string of the molecule is COc1ccc(C[C@H](NC(=O)c2ccc(C(=N)N)cc2)C(=O)N2CCN(CC(=O)O)C(=O)[C@@H]2CCCN)cc1.O=C(O)C(F)(F)F. The van der Waals surface area contributed by atoms with E-state index in [9.17, 15) is 37.5 Å². The molecule has 46 heavy (non-hydrogen) atoms. The van der Waals surface area contributed by atoms with Gasteiger partial charge in [-0.2, -0.15) is 13.2 Å². The molecule has 0 bridgehead atoms. The van der Waals surface area contributed by atoms with Crippen molar-refractivity contribution >= 4 is 35.5 Å². The summed E-state index contributed by atoms with van der Waals surface area (Å²) in [6, 6.07) is 11.3. The molecule has 2 aromatic rings. The van der Waals surface area contributed by atoms with Gasteiger partial charge in [0.15, 0.2) is 0 Å². The number of amidine groups is 1. The number of nitrogens with zero attached hydrogens (tertiary/aromatic N) is 2. The van der Waals surface area contributed by atoms with Crippen molar-refractivity contribution in [1.29, 1.82) is 5.41 Å². The van der Waals surface area contributed by atoms with Gasteiger partial charge in [-0.05, 0) is 49.2 Å². The highest BCUT2D eigenvalue weighted by molar-refractivity contribution is 6.00. The molecule has 0 aromatic heterocycles. The number of nitrogens with two attached hydrogens (primary N) is 2. The van der Waals surface area contributed by atoms with Gasteiger partial charge in [0, 0.05) is 30.6 Å². The Morgan fingerprint density at radius 3 is 2.09 bits per heavy atom. The molecule has 1 saturated heterocycles. The number of alkyl halides is 3. The Kier molecular flexibility index (Phi) is 13.5. The molecule has 1 fully saturated rings. The van der Waals surface area contributed by atoms with Gasteiger partial charge in [0.25, 0.3) is 5.91 Å². The zero-order valence-corrected chi connectivity index (χ0v) is 24.8. The zero-order valence-electron chi connectivity index (χ0n) is 24.8. The van der Waals surface area contributed by atoms with E-state index >= 15 is 0 Å². The van der Waals surface area contributed by atoms with Crippen LogP contribution >= 0.6 is 0 Å². The van der Waals surface area contributed by atoms with E-state index < -0.39 is 54.5 Å². The first kappa shape index (κ1) is 37.0. The van der Waals surface area contributed by atoms with Gasteiger partial charge >= 0.3 is 18.1 Å². The van der Waals surface area contributed by atoms with Crippen LogP contribution in [-0.2, 0) is 25.6 Å². The van der Waals surface area contributed by atoms with Crippen molar-refractivity contribution in [2.75, 3.05) is 33.3 Å². The fraction of sp³-hybridized carbons (Fsp3) is 0.379. The lowest BCUT2D eigenvalue weighted by Crippen LogP contribution is -2.63. The molecule has 3 rings (SSSR count).